The van der Waals surface area contributed by atoms with Gasteiger partial charge in [-0.15, -0.1) is 11.8 Å². The molecular formula is C20H30N2O4S. The second-order valence-corrected chi connectivity index (χ2v) is 10.1. The fourth-order valence-corrected chi connectivity index (χ4v) is 7.08. The molecule has 1 amide bonds. The molecule has 27 heavy (non-hydrogen) atoms. The van der Waals surface area contributed by atoms with Crippen LogP contribution in [0.1, 0.15) is 52.4 Å². The molecule has 3 aliphatic heterocycles. The quantitative estimate of drug-likeness (QED) is 0.599. The monoisotopic (exact) mass is 394 g/mol. The lowest BCUT2D eigenvalue weighted by atomic mass is 9.79. The summed E-state index contributed by atoms with van der Waals surface area (Å²) in [6, 6.07) is 0.315. The van der Waals surface area contributed by atoms with E-state index < -0.39 is 18.0 Å². The van der Waals surface area contributed by atoms with E-state index in [0.717, 1.165) is 23.8 Å². The van der Waals surface area contributed by atoms with E-state index in [1.165, 1.54) is 37.0 Å². The van der Waals surface area contributed by atoms with E-state index in [-0.39, 0.29) is 23.6 Å². The summed E-state index contributed by atoms with van der Waals surface area (Å²) >= 11 is 1.65. The lowest BCUT2D eigenvalue weighted by molar-refractivity contribution is -0.163. The molecule has 3 fully saturated rings. The number of fused-ring (bicyclic) bond motifs is 1. The van der Waals surface area contributed by atoms with Crippen LogP contribution in [-0.2, 0) is 9.59 Å². The van der Waals surface area contributed by atoms with Gasteiger partial charge < -0.3 is 20.4 Å². The minimum atomic E-state index is -1.03. The summed E-state index contributed by atoms with van der Waals surface area (Å²) in [5, 5.41) is 23.7. The standard InChI is InChI=1S/C20H30N2O4S/c1-10-16-15(11(2)23)19(24)22(16)17(20(25)26)18(10)27-14-8-13(21-9-14)7-12-5-3-4-6-12/h10-16,21,23H,3-9H2,1-2H3,(H,25,26). The van der Waals surface area contributed by atoms with Crippen LogP contribution in [0, 0.1) is 17.8 Å². The zero-order chi connectivity index (χ0) is 19.3. The fourth-order valence-electron chi connectivity index (χ4n) is 5.56. The average molecular weight is 395 g/mol. The first-order valence-corrected chi connectivity index (χ1v) is 11.1. The van der Waals surface area contributed by atoms with Crippen molar-refractivity contribution in [3.63, 3.8) is 0 Å². The number of carboxylic acids is 1. The van der Waals surface area contributed by atoms with Gasteiger partial charge in [0.15, 0.2) is 0 Å². The van der Waals surface area contributed by atoms with Crippen molar-refractivity contribution in [3.8, 4) is 0 Å². The first-order chi connectivity index (χ1) is 12.9. The van der Waals surface area contributed by atoms with Crippen LogP contribution in [0.15, 0.2) is 10.6 Å². The highest BCUT2D eigenvalue weighted by Gasteiger charge is 2.60. The maximum absolute atomic E-state index is 12.4. The van der Waals surface area contributed by atoms with E-state index in [9.17, 15) is 19.8 Å². The Bertz CT molecular complexity index is 658. The third kappa shape index (κ3) is 3.32. The zero-order valence-corrected chi connectivity index (χ0v) is 16.9. The van der Waals surface area contributed by atoms with Crippen LogP contribution in [0.5, 0.6) is 0 Å². The molecule has 0 aromatic carbocycles. The highest BCUT2D eigenvalue weighted by molar-refractivity contribution is 8.03. The molecule has 6 atom stereocenters. The largest absolute Gasteiger partial charge is 0.477 e. The smallest absolute Gasteiger partial charge is 0.353 e. The molecule has 7 heteroatoms. The van der Waals surface area contributed by atoms with Crippen molar-refractivity contribution >= 4 is 23.6 Å². The number of β-lactam (4-membered cyclic amide) rings is 1. The van der Waals surface area contributed by atoms with Gasteiger partial charge in [-0.3, -0.25) is 4.79 Å². The molecule has 0 aromatic rings. The van der Waals surface area contributed by atoms with Crippen molar-refractivity contribution in [2.45, 2.75) is 75.8 Å². The van der Waals surface area contributed by atoms with Crippen molar-refractivity contribution < 1.29 is 19.8 Å². The Kier molecular flexibility index (Phi) is 5.29. The number of nitrogens with zero attached hydrogens (tertiary/aromatic N) is 1. The van der Waals surface area contributed by atoms with Crippen LogP contribution in [0.25, 0.3) is 0 Å². The molecular weight excluding hydrogens is 364 g/mol. The van der Waals surface area contributed by atoms with Crippen LogP contribution in [0.4, 0.5) is 0 Å². The number of aliphatic hydroxyl groups excluding tert-OH is 1. The van der Waals surface area contributed by atoms with Gasteiger partial charge in [0, 0.05) is 28.7 Å². The van der Waals surface area contributed by atoms with Crippen molar-refractivity contribution in [1.29, 1.82) is 0 Å². The van der Waals surface area contributed by atoms with E-state index in [1.807, 2.05) is 6.92 Å². The predicted molar refractivity (Wildman–Crippen MR) is 104 cm³/mol. The summed E-state index contributed by atoms with van der Waals surface area (Å²) < 4.78 is 0. The van der Waals surface area contributed by atoms with Gasteiger partial charge in [-0.25, -0.2) is 4.79 Å². The Morgan fingerprint density at radius 2 is 2.07 bits per heavy atom. The van der Waals surface area contributed by atoms with Crippen molar-refractivity contribution in [2.24, 2.45) is 17.8 Å². The lowest BCUT2D eigenvalue weighted by Gasteiger charge is -2.46. The number of rotatable bonds is 6. The predicted octanol–water partition coefficient (Wildman–Crippen LogP) is 2.18. The molecule has 2 saturated heterocycles. The zero-order valence-electron chi connectivity index (χ0n) is 16.1. The van der Waals surface area contributed by atoms with Gasteiger partial charge in [-0.05, 0) is 25.7 Å². The molecule has 150 valence electrons. The Morgan fingerprint density at radius 1 is 1.37 bits per heavy atom. The Labute approximate surface area is 164 Å². The second-order valence-electron chi connectivity index (χ2n) is 8.74. The topological polar surface area (TPSA) is 89.9 Å². The van der Waals surface area contributed by atoms with Crippen LogP contribution in [0.2, 0.25) is 0 Å². The maximum atomic E-state index is 12.4. The Morgan fingerprint density at radius 3 is 2.70 bits per heavy atom. The molecule has 6 unspecified atom stereocenters. The molecule has 3 heterocycles. The summed E-state index contributed by atoms with van der Waals surface area (Å²) in [5.41, 5.74) is 0.152. The lowest BCUT2D eigenvalue weighted by Crippen LogP contribution is -2.63. The van der Waals surface area contributed by atoms with Gasteiger partial charge in [0.25, 0.3) is 0 Å². The fraction of sp³-hybridized carbons (Fsp3) is 0.800. The van der Waals surface area contributed by atoms with E-state index in [1.54, 1.807) is 18.7 Å². The van der Waals surface area contributed by atoms with E-state index in [4.69, 9.17) is 0 Å². The van der Waals surface area contributed by atoms with Crippen LogP contribution in [-0.4, -0.2) is 57.0 Å². The summed E-state index contributed by atoms with van der Waals surface area (Å²) in [7, 11) is 0. The van der Waals surface area contributed by atoms with Gasteiger partial charge in [0.05, 0.1) is 18.1 Å². The molecule has 4 rings (SSSR count). The summed E-state index contributed by atoms with van der Waals surface area (Å²) in [6.45, 7) is 4.51. The first kappa shape index (κ1) is 19.3. The van der Waals surface area contributed by atoms with Gasteiger partial charge in [-0.2, -0.15) is 0 Å². The number of hydrogen-bond donors (Lipinski definition) is 3. The number of hydrogen-bond acceptors (Lipinski definition) is 5. The average Bonchev–Trinajstić information content (AvgIpc) is 3.30. The van der Waals surface area contributed by atoms with Gasteiger partial charge in [-0.1, -0.05) is 32.6 Å². The molecule has 1 saturated carbocycles. The normalized spacial score (nSPS) is 37.7. The second kappa shape index (κ2) is 7.41. The van der Waals surface area contributed by atoms with E-state index in [0.29, 0.717) is 11.3 Å². The molecule has 0 spiro atoms. The maximum Gasteiger partial charge on any atom is 0.353 e. The number of thioether (sulfide) groups is 1. The molecule has 0 aromatic heterocycles. The first-order valence-electron chi connectivity index (χ1n) is 10.3. The summed E-state index contributed by atoms with van der Waals surface area (Å²) in [6.07, 6.45) is 6.96. The van der Waals surface area contributed by atoms with Gasteiger partial charge in [0.1, 0.15) is 5.70 Å². The number of aliphatic carboxylic acids is 1. The third-order valence-corrected chi connectivity index (χ3v) is 8.39. The molecule has 4 aliphatic rings. The number of nitrogens with one attached hydrogen (secondary N) is 1. The summed E-state index contributed by atoms with van der Waals surface area (Å²) in [4.78, 5) is 26.6. The Balaban J connectivity index is 1.45. The number of carbonyl (C=O) groups is 2. The minimum absolute atomic E-state index is 0.0349. The highest BCUT2D eigenvalue weighted by atomic mass is 32.2. The van der Waals surface area contributed by atoms with Crippen molar-refractivity contribution in [2.75, 3.05) is 6.54 Å². The van der Waals surface area contributed by atoms with Crippen LogP contribution >= 0.6 is 11.8 Å². The van der Waals surface area contributed by atoms with Crippen LogP contribution in [0.3, 0.4) is 0 Å². The van der Waals surface area contributed by atoms with E-state index in [2.05, 4.69) is 5.32 Å². The molecule has 0 radical (unpaired) electrons. The van der Waals surface area contributed by atoms with Crippen LogP contribution < -0.4 is 5.32 Å². The summed E-state index contributed by atoms with van der Waals surface area (Å²) in [5.74, 6) is -0.954. The molecule has 0 bridgehead atoms. The Hall–Kier alpha value is -1.05. The SMILES string of the molecule is CC(O)C1C(=O)N2C(C(=O)O)=C(SC3CNC(CC4CCCC4)C3)C(C)C12. The molecule has 3 N–H and O–H groups in total. The van der Waals surface area contributed by atoms with Crippen molar-refractivity contribution in [1.82, 2.24) is 10.2 Å². The van der Waals surface area contributed by atoms with Gasteiger partial charge >= 0.3 is 5.97 Å². The highest BCUT2D eigenvalue weighted by Crippen LogP contribution is 2.52. The molecule has 1 aliphatic carbocycles. The number of amides is 1. The molecule has 6 nitrogen and oxygen atoms in total. The number of aliphatic hydroxyl groups is 1. The van der Waals surface area contributed by atoms with E-state index >= 15 is 0 Å². The number of carbonyl (C=O) groups excluding carboxylic acids is 1. The van der Waals surface area contributed by atoms with Gasteiger partial charge in [0.2, 0.25) is 5.91 Å². The number of carboxylic acid groups (broad SMARTS) is 1. The third-order valence-electron chi connectivity index (χ3n) is 6.88. The minimum Gasteiger partial charge on any atom is -0.477 e. The van der Waals surface area contributed by atoms with Crippen molar-refractivity contribution in [3.05, 3.63) is 10.6 Å².